The monoisotopic (exact) mass is 821 g/mol. The van der Waals surface area contributed by atoms with Crippen molar-refractivity contribution in [3.63, 3.8) is 0 Å². The van der Waals surface area contributed by atoms with Crippen LogP contribution in [0.1, 0.15) is 95.5 Å². The Morgan fingerprint density at radius 1 is 0.900 bits per heavy atom. The molecule has 1 aliphatic heterocycles. The van der Waals surface area contributed by atoms with E-state index in [-0.39, 0.29) is 30.0 Å². The maximum absolute atomic E-state index is 11.4. The highest BCUT2D eigenvalue weighted by Crippen LogP contribution is 2.55. The number of aromatic nitrogens is 1. The van der Waals surface area contributed by atoms with Gasteiger partial charge in [0.1, 0.15) is 30.8 Å². The Morgan fingerprint density at radius 3 is 2.43 bits per heavy atom. The summed E-state index contributed by atoms with van der Waals surface area (Å²) in [7, 11) is 0. The summed E-state index contributed by atoms with van der Waals surface area (Å²) in [6, 6.07) is 28.1. The van der Waals surface area contributed by atoms with E-state index in [9.17, 15) is 20.3 Å². The normalized spacial score (nSPS) is 20.6. The Balaban J connectivity index is 0.909. The van der Waals surface area contributed by atoms with E-state index in [0.29, 0.717) is 34.7 Å². The molecule has 5 aromatic rings. The van der Waals surface area contributed by atoms with Crippen LogP contribution in [0.15, 0.2) is 85.2 Å². The first-order chi connectivity index (χ1) is 29.1. The predicted octanol–water partition coefficient (Wildman–Crippen LogP) is 10.6. The van der Waals surface area contributed by atoms with Crippen LogP contribution in [-0.2, 0) is 30.8 Å². The molecular weight excluding hydrogens is 770 g/mol. The number of benzene rings is 4. The zero-order valence-corrected chi connectivity index (χ0v) is 35.2. The molecule has 9 rings (SSSR count). The fourth-order valence-corrected chi connectivity index (χ4v) is 10.9. The number of halogens is 1. The number of hydrogen-bond donors (Lipinski definition) is 2. The molecule has 0 bridgehead atoms. The summed E-state index contributed by atoms with van der Waals surface area (Å²) in [5.41, 5.74) is 13.6. The molecule has 0 amide bonds. The second-order valence-electron chi connectivity index (χ2n) is 17.8. The van der Waals surface area contributed by atoms with Crippen molar-refractivity contribution in [1.29, 1.82) is 5.26 Å². The summed E-state index contributed by atoms with van der Waals surface area (Å²) in [5, 5.41) is 29.8. The molecule has 8 nitrogen and oxygen atoms in total. The molecule has 9 heteroatoms. The smallest absolute Gasteiger partial charge is 0.306 e. The molecule has 3 aliphatic carbocycles. The van der Waals surface area contributed by atoms with Crippen LogP contribution < -0.4 is 9.47 Å². The highest BCUT2D eigenvalue weighted by molar-refractivity contribution is 6.32. The molecular formula is C51H52ClN3O5. The van der Waals surface area contributed by atoms with Crippen LogP contribution >= 0.6 is 11.6 Å². The fraction of sp³-hybridized carbons (Fsp3) is 0.392. The number of nitriles is 1. The van der Waals surface area contributed by atoms with Gasteiger partial charge in [-0.1, -0.05) is 72.6 Å². The van der Waals surface area contributed by atoms with Crippen molar-refractivity contribution in [2.24, 2.45) is 17.3 Å². The van der Waals surface area contributed by atoms with E-state index in [2.05, 4.69) is 84.4 Å². The molecule has 3 fully saturated rings. The number of aliphatic carboxylic acids is 1. The van der Waals surface area contributed by atoms with Crippen molar-refractivity contribution < 1.29 is 24.5 Å². The molecule has 2 heterocycles. The van der Waals surface area contributed by atoms with Gasteiger partial charge in [0.15, 0.2) is 0 Å². The molecule has 2 N–H and O–H groups in total. The van der Waals surface area contributed by atoms with Gasteiger partial charge in [-0.05, 0) is 144 Å². The summed E-state index contributed by atoms with van der Waals surface area (Å²) in [5.74, 6) is 0.675. The van der Waals surface area contributed by atoms with E-state index in [4.69, 9.17) is 21.1 Å². The second-order valence-corrected chi connectivity index (χ2v) is 18.2. The summed E-state index contributed by atoms with van der Waals surface area (Å²) in [6.07, 6.45) is 11.3. The van der Waals surface area contributed by atoms with Gasteiger partial charge >= 0.3 is 5.97 Å². The Hall–Kier alpha value is -5.20. The van der Waals surface area contributed by atoms with Gasteiger partial charge in [0.05, 0.1) is 22.6 Å². The third kappa shape index (κ3) is 7.91. The lowest BCUT2D eigenvalue weighted by Crippen LogP contribution is -2.63. The fourth-order valence-electron chi connectivity index (χ4n) is 10.6. The SMILES string of the molecule is Cc1c(COc2cc(OCc3cncc(C#N)c3)c(CC[C@@H]3CCC[C@@H]3O)cc2Cl)cccc1-c1cccc(-c2ccc3c(c2)CCC3N2CC3(CC(C(=O)O)C3)C2)c1C. The number of rotatable bonds is 13. The quantitative estimate of drug-likeness (QED) is 0.121. The number of pyridine rings is 1. The minimum atomic E-state index is -0.637. The van der Waals surface area contributed by atoms with Gasteiger partial charge in [0, 0.05) is 43.2 Å². The molecule has 1 aromatic heterocycles. The van der Waals surface area contributed by atoms with E-state index >= 15 is 0 Å². The van der Waals surface area contributed by atoms with E-state index in [1.54, 1.807) is 12.3 Å². The minimum Gasteiger partial charge on any atom is -0.488 e. The highest BCUT2D eigenvalue weighted by Gasteiger charge is 2.56. The average molecular weight is 822 g/mol. The molecule has 3 atom stereocenters. The molecule has 1 unspecified atom stereocenters. The van der Waals surface area contributed by atoms with Crippen LogP contribution in [0.5, 0.6) is 11.5 Å². The third-order valence-electron chi connectivity index (χ3n) is 14.0. The first-order valence-corrected chi connectivity index (χ1v) is 21.8. The molecule has 60 heavy (non-hydrogen) atoms. The van der Waals surface area contributed by atoms with Crippen molar-refractivity contribution >= 4 is 17.6 Å². The topological polar surface area (TPSA) is 116 Å². The lowest BCUT2D eigenvalue weighted by atomic mass is 9.57. The zero-order chi connectivity index (χ0) is 41.5. The van der Waals surface area contributed by atoms with E-state index in [0.717, 1.165) is 98.7 Å². The molecule has 0 radical (unpaired) electrons. The summed E-state index contributed by atoms with van der Waals surface area (Å²) in [4.78, 5) is 18.2. The van der Waals surface area contributed by atoms with Gasteiger partial charge < -0.3 is 19.7 Å². The largest absolute Gasteiger partial charge is 0.488 e. The van der Waals surface area contributed by atoms with Crippen molar-refractivity contribution in [2.45, 2.75) is 97.0 Å². The van der Waals surface area contributed by atoms with Gasteiger partial charge in [0.25, 0.3) is 0 Å². The van der Waals surface area contributed by atoms with E-state index in [1.165, 1.54) is 39.6 Å². The number of carbonyl (C=O) groups is 1. The number of carboxylic acid groups (broad SMARTS) is 1. The summed E-state index contributed by atoms with van der Waals surface area (Å²) >= 11 is 6.92. The maximum Gasteiger partial charge on any atom is 0.306 e. The number of likely N-dealkylation sites (tertiary alicyclic amines) is 1. The van der Waals surface area contributed by atoms with Crippen molar-refractivity contribution in [3.05, 3.63) is 135 Å². The number of aliphatic hydroxyl groups excluding tert-OH is 1. The second kappa shape index (κ2) is 16.7. The van der Waals surface area contributed by atoms with E-state index < -0.39 is 5.97 Å². The predicted molar refractivity (Wildman–Crippen MR) is 233 cm³/mol. The van der Waals surface area contributed by atoms with Gasteiger partial charge in [-0.25, -0.2) is 0 Å². The van der Waals surface area contributed by atoms with Crippen LogP contribution in [0.25, 0.3) is 22.3 Å². The Bertz CT molecular complexity index is 2480. The van der Waals surface area contributed by atoms with Crippen LogP contribution in [0.4, 0.5) is 0 Å². The zero-order valence-electron chi connectivity index (χ0n) is 34.4. The Kier molecular flexibility index (Phi) is 11.2. The third-order valence-corrected chi connectivity index (χ3v) is 14.3. The number of aliphatic hydroxyl groups is 1. The number of nitrogens with zero attached hydrogens (tertiary/aromatic N) is 3. The number of hydrogen-bond acceptors (Lipinski definition) is 7. The lowest BCUT2D eigenvalue weighted by molar-refractivity contribution is -0.164. The first kappa shape index (κ1) is 40.2. The maximum atomic E-state index is 11.4. The Morgan fingerprint density at radius 2 is 1.67 bits per heavy atom. The number of carboxylic acids is 1. The molecule has 4 aromatic carbocycles. The average Bonchev–Trinajstić information content (AvgIpc) is 3.83. The minimum absolute atomic E-state index is 0.152. The Labute approximate surface area is 357 Å². The van der Waals surface area contributed by atoms with Crippen LogP contribution in [-0.4, -0.2) is 45.3 Å². The van der Waals surface area contributed by atoms with Crippen molar-refractivity contribution in [1.82, 2.24) is 9.88 Å². The summed E-state index contributed by atoms with van der Waals surface area (Å²) in [6.45, 7) is 6.98. The lowest BCUT2D eigenvalue weighted by Gasteiger charge is -2.60. The van der Waals surface area contributed by atoms with Crippen LogP contribution in [0.2, 0.25) is 5.02 Å². The van der Waals surface area contributed by atoms with Crippen molar-refractivity contribution in [2.75, 3.05) is 13.1 Å². The van der Waals surface area contributed by atoms with Gasteiger partial charge in [-0.2, -0.15) is 5.26 Å². The van der Waals surface area contributed by atoms with Crippen LogP contribution in [0.3, 0.4) is 0 Å². The molecule has 2 saturated carbocycles. The first-order valence-electron chi connectivity index (χ1n) is 21.5. The van der Waals surface area contributed by atoms with Crippen molar-refractivity contribution in [3.8, 4) is 39.8 Å². The standard InChI is InChI=1S/C51H52ClN3O5/c1-31-39(28-60-49-21-48(59-27-34-18-33(24-53)25-54-26-34)38(20-45(49)52)13-12-35-6-4-11-47(35)56)7-3-9-42(31)43-10-5-8-41(32(43)2)36-14-16-44-37(19-36)15-17-46(44)55-29-51(30-55)22-40(23-51)50(57)58/h3,5,7-10,14,16,18-21,25-26,35,40,46-47,56H,4,6,11-13,15,17,22-23,27-30H2,1-2H3,(H,57,58)/t35-,46?,47-/m0/s1. The van der Waals surface area contributed by atoms with Gasteiger partial charge in [0.2, 0.25) is 0 Å². The van der Waals surface area contributed by atoms with E-state index in [1.807, 2.05) is 12.1 Å². The number of aryl methyl sites for hydroxylation is 2. The summed E-state index contributed by atoms with van der Waals surface area (Å²) < 4.78 is 12.9. The molecule has 1 spiro atoms. The van der Waals surface area contributed by atoms with Gasteiger partial charge in [-0.3, -0.25) is 14.7 Å². The van der Waals surface area contributed by atoms with Crippen LogP contribution in [0, 0.1) is 42.4 Å². The molecule has 4 aliphatic rings. The highest BCUT2D eigenvalue weighted by atomic mass is 35.5. The number of fused-ring (bicyclic) bond motifs is 1. The number of ether oxygens (including phenoxy) is 2. The molecule has 1 saturated heterocycles. The van der Waals surface area contributed by atoms with Gasteiger partial charge in [-0.15, -0.1) is 0 Å². The molecule has 308 valence electrons.